The fourth-order valence-corrected chi connectivity index (χ4v) is 3.88. The normalized spacial score (nSPS) is 11.6. The molecule has 0 saturated carbocycles. The van der Waals surface area contributed by atoms with E-state index in [4.69, 9.17) is 5.11 Å². The average molecular weight is 386 g/mol. The second-order valence-corrected chi connectivity index (χ2v) is 6.86. The minimum Gasteiger partial charge on any atom is -0.481 e. The maximum Gasteiger partial charge on any atom is 0.303 e. The average Bonchev–Trinajstić information content (AvgIpc) is 2.31. The molecule has 0 aliphatic rings. The summed E-state index contributed by atoms with van der Waals surface area (Å²) in [5.41, 5.74) is 0. The Morgan fingerprint density at radius 1 is 1.24 bits per heavy atom. The summed E-state index contributed by atoms with van der Waals surface area (Å²) >= 11 is 2.82. The lowest BCUT2D eigenvalue weighted by Crippen LogP contribution is -2.26. The highest BCUT2D eigenvalue weighted by Crippen LogP contribution is 2.26. The van der Waals surface area contributed by atoms with Gasteiger partial charge in [-0.15, -0.1) is 0 Å². The van der Waals surface area contributed by atoms with E-state index < -0.39 is 32.5 Å². The van der Waals surface area contributed by atoms with Crippen LogP contribution in [0.5, 0.6) is 0 Å². The molecule has 0 bridgehead atoms. The van der Waals surface area contributed by atoms with Crippen LogP contribution >= 0.6 is 15.9 Å². The molecule has 1 rings (SSSR count). The molecule has 5 nitrogen and oxygen atoms in total. The van der Waals surface area contributed by atoms with Gasteiger partial charge in [0.15, 0.2) is 0 Å². The molecule has 9 heteroatoms. The standard InChI is InChI=1S/C12H14BrF2NO4S/c13-9-6-8(14)7-10(15)12(9)21(19,20)16-5-3-1-2-4-11(17)18/h6-7,16H,1-5H2,(H,17,18). The molecule has 1 aromatic carbocycles. The summed E-state index contributed by atoms with van der Waals surface area (Å²) < 4.78 is 52.3. The van der Waals surface area contributed by atoms with Gasteiger partial charge in [0.1, 0.15) is 16.5 Å². The van der Waals surface area contributed by atoms with Crippen molar-refractivity contribution in [3.63, 3.8) is 0 Å². The van der Waals surface area contributed by atoms with Gasteiger partial charge in [0.25, 0.3) is 0 Å². The smallest absolute Gasteiger partial charge is 0.303 e. The van der Waals surface area contributed by atoms with E-state index in [1.54, 1.807) is 0 Å². The number of benzene rings is 1. The number of aliphatic carboxylic acids is 1. The molecule has 2 N–H and O–H groups in total. The Labute approximate surface area is 129 Å². The van der Waals surface area contributed by atoms with Crippen LogP contribution in [0, 0.1) is 11.6 Å². The summed E-state index contributed by atoms with van der Waals surface area (Å²) in [6.07, 6.45) is 1.41. The van der Waals surface area contributed by atoms with E-state index in [0.717, 1.165) is 6.07 Å². The van der Waals surface area contributed by atoms with E-state index in [0.29, 0.717) is 25.3 Å². The minimum absolute atomic E-state index is 0.0187. The maximum atomic E-state index is 13.6. The first-order valence-electron chi connectivity index (χ1n) is 6.10. The number of rotatable bonds is 8. The van der Waals surface area contributed by atoms with E-state index in [1.807, 2.05) is 0 Å². The van der Waals surface area contributed by atoms with E-state index in [-0.39, 0.29) is 17.4 Å². The molecule has 0 fully saturated rings. The number of hydrogen-bond acceptors (Lipinski definition) is 3. The molecule has 1 aromatic rings. The minimum atomic E-state index is -4.10. The Balaban J connectivity index is 2.61. The van der Waals surface area contributed by atoms with Crippen molar-refractivity contribution in [3.05, 3.63) is 28.2 Å². The first kappa shape index (κ1) is 18.0. The maximum absolute atomic E-state index is 13.6. The topological polar surface area (TPSA) is 83.5 Å². The molecule has 0 amide bonds. The summed E-state index contributed by atoms with van der Waals surface area (Å²) in [5, 5.41) is 8.44. The van der Waals surface area contributed by atoms with Crippen LogP contribution in [0.15, 0.2) is 21.5 Å². The number of unbranched alkanes of at least 4 members (excludes halogenated alkanes) is 2. The number of halogens is 3. The summed E-state index contributed by atoms with van der Waals surface area (Å²) in [6.45, 7) is 0.0468. The Morgan fingerprint density at radius 2 is 1.90 bits per heavy atom. The van der Waals surface area contributed by atoms with Crippen LogP contribution in [-0.4, -0.2) is 26.0 Å². The van der Waals surface area contributed by atoms with Gasteiger partial charge < -0.3 is 5.11 Å². The van der Waals surface area contributed by atoms with Crippen molar-refractivity contribution >= 4 is 31.9 Å². The second-order valence-electron chi connectivity index (χ2n) is 4.30. The third-order valence-corrected chi connectivity index (χ3v) is 5.02. The van der Waals surface area contributed by atoms with Crippen LogP contribution < -0.4 is 4.72 Å². The zero-order valence-electron chi connectivity index (χ0n) is 10.9. The number of hydrogen-bond donors (Lipinski definition) is 2. The van der Waals surface area contributed by atoms with E-state index in [1.165, 1.54) is 0 Å². The van der Waals surface area contributed by atoms with Gasteiger partial charge in [0, 0.05) is 23.5 Å². The molecule has 0 atom stereocenters. The van der Waals surface area contributed by atoms with Crippen LogP contribution in [0.1, 0.15) is 25.7 Å². The van der Waals surface area contributed by atoms with Gasteiger partial charge in [0.2, 0.25) is 10.0 Å². The van der Waals surface area contributed by atoms with Crippen molar-refractivity contribution in [3.8, 4) is 0 Å². The van der Waals surface area contributed by atoms with E-state index in [2.05, 4.69) is 20.7 Å². The lowest BCUT2D eigenvalue weighted by Gasteiger charge is -2.09. The number of carboxylic acids is 1. The highest BCUT2D eigenvalue weighted by molar-refractivity contribution is 9.10. The van der Waals surface area contributed by atoms with Crippen molar-refractivity contribution in [1.29, 1.82) is 0 Å². The predicted molar refractivity (Wildman–Crippen MR) is 75.4 cm³/mol. The zero-order chi connectivity index (χ0) is 16.0. The van der Waals surface area contributed by atoms with Gasteiger partial charge in [-0.25, -0.2) is 21.9 Å². The monoisotopic (exact) mass is 385 g/mol. The SMILES string of the molecule is O=C(O)CCCCCNS(=O)(=O)c1c(F)cc(F)cc1Br. The van der Waals surface area contributed by atoms with Crippen LogP contribution in [0.25, 0.3) is 0 Å². The Kier molecular flexibility index (Phi) is 6.69. The lowest BCUT2D eigenvalue weighted by atomic mass is 10.2. The van der Waals surface area contributed by atoms with Crippen LogP contribution in [0.2, 0.25) is 0 Å². The fraction of sp³-hybridized carbons (Fsp3) is 0.417. The molecule has 0 heterocycles. The van der Waals surface area contributed by atoms with Gasteiger partial charge in [-0.1, -0.05) is 6.42 Å². The summed E-state index contributed by atoms with van der Waals surface area (Å²) in [7, 11) is -4.10. The van der Waals surface area contributed by atoms with Crippen molar-refractivity contribution in [2.24, 2.45) is 0 Å². The molecule has 0 aliphatic heterocycles. The number of carboxylic acid groups (broad SMARTS) is 1. The molecular formula is C12H14BrF2NO4S. The van der Waals surface area contributed by atoms with Crippen molar-refractivity contribution < 1.29 is 27.1 Å². The summed E-state index contributed by atoms with van der Waals surface area (Å²) in [4.78, 5) is 9.65. The lowest BCUT2D eigenvalue weighted by molar-refractivity contribution is -0.137. The molecule has 0 spiro atoms. The first-order valence-corrected chi connectivity index (χ1v) is 8.37. The summed E-state index contributed by atoms with van der Waals surface area (Å²) in [5.74, 6) is -2.97. The first-order chi connectivity index (χ1) is 9.74. The predicted octanol–water partition coefficient (Wildman–Crippen LogP) is 2.65. The van der Waals surface area contributed by atoms with Crippen LogP contribution in [0.3, 0.4) is 0 Å². The van der Waals surface area contributed by atoms with E-state index >= 15 is 0 Å². The number of sulfonamides is 1. The van der Waals surface area contributed by atoms with E-state index in [9.17, 15) is 22.0 Å². The quantitative estimate of drug-likeness (QED) is 0.673. The Bertz CT molecular complexity index is 599. The Morgan fingerprint density at radius 3 is 2.48 bits per heavy atom. The molecule has 0 aromatic heterocycles. The van der Waals surface area contributed by atoms with Crippen molar-refractivity contribution in [2.45, 2.75) is 30.6 Å². The third kappa shape index (κ3) is 5.68. The molecule has 21 heavy (non-hydrogen) atoms. The van der Waals surface area contributed by atoms with Gasteiger partial charge in [0.05, 0.1) is 0 Å². The zero-order valence-corrected chi connectivity index (χ0v) is 13.3. The fourth-order valence-electron chi connectivity index (χ4n) is 1.64. The molecule has 0 saturated heterocycles. The number of nitrogens with one attached hydrogen (secondary N) is 1. The Hall–Kier alpha value is -1.06. The largest absolute Gasteiger partial charge is 0.481 e. The van der Waals surface area contributed by atoms with Crippen molar-refractivity contribution in [2.75, 3.05) is 6.54 Å². The summed E-state index contributed by atoms with van der Waals surface area (Å²) in [6, 6.07) is 1.36. The highest BCUT2D eigenvalue weighted by atomic mass is 79.9. The molecule has 0 aliphatic carbocycles. The molecule has 0 unspecified atom stereocenters. The van der Waals surface area contributed by atoms with Gasteiger partial charge >= 0.3 is 5.97 Å². The molecular weight excluding hydrogens is 372 g/mol. The van der Waals surface area contributed by atoms with Crippen LogP contribution in [0.4, 0.5) is 8.78 Å². The number of carbonyl (C=O) groups is 1. The van der Waals surface area contributed by atoms with Crippen LogP contribution in [-0.2, 0) is 14.8 Å². The third-order valence-electron chi connectivity index (χ3n) is 2.59. The van der Waals surface area contributed by atoms with Crippen molar-refractivity contribution in [1.82, 2.24) is 4.72 Å². The van der Waals surface area contributed by atoms with Gasteiger partial charge in [-0.2, -0.15) is 0 Å². The highest BCUT2D eigenvalue weighted by Gasteiger charge is 2.23. The second kappa shape index (κ2) is 7.81. The van der Waals surface area contributed by atoms with Gasteiger partial charge in [-0.3, -0.25) is 4.79 Å². The molecule has 0 radical (unpaired) electrons. The molecule has 118 valence electrons. The van der Waals surface area contributed by atoms with Gasteiger partial charge in [-0.05, 0) is 34.8 Å².